The highest BCUT2D eigenvalue weighted by Crippen LogP contribution is 2.20. The number of carbonyl (C=O) groups is 1. The van der Waals surface area contributed by atoms with E-state index in [1.807, 2.05) is 0 Å². The molecule has 0 spiro atoms. The summed E-state index contributed by atoms with van der Waals surface area (Å²) in [6.07, 6.45) is 1.53. The number of nitrogens with one attached hydrogen (secondary N) is 1. The van der Waals surface area contributed by atoms with Crippen molar-refractivity contribution in [2.45, 2.75) is 6.92 Å². The van der Waals surface area contributed by atoms with Gasteiger partial charge in [-0.05, 0) is 19.1 Å². The Morgan fingerprint density at radius 3 is 2.83 bits per heavy atom. The molecular weight excluding hydrogens is 274 g/mol. The van der Waals surface area contributed by atoms with Crippen molar-refractivity contribution in [1.29, 1.82) is 0 Å². The zero-order valence-electron chi connectivity index (χ0n) is 9.73. The molecule has 2 aromatic heterocycles. The summed E-state index contributed by atoms with van der Waals surface area (Å²) in [4.78, 5) is 27.5. The summed E-state index contributed by atoms with van der Waals surface area (Å²) >= 11 is 6.75. The number of carbonyl (C=O) groups excluding carboxylic acids is 1. The molecule has 2 rings (SSSR count). The molecule has 0 atom stereocenters. The van der Waals surface area contributed by atoms with Gasteiger partial charge in [0.25, 0.3) is 5.91 Å². The number of aromatic nitrogens is 2. The Bertz CT molecular complexity index is 663. The second-order valence-electron chi connectivity index (χ2n) is 3.64. The number of anilines is 1. The third-order valence-corrected chi connectivity index (χ3v) is 3.94. The van der Waals surface area contributed by atoms with Crippen LogP contribution in [0.2, 0.25) is 5.15 Å². The first-order valence-corrected chi connectivity index (χ1v) is 6.28. The van der Waals surface area contributed by atoms with Crippen molar-refractivity contribution in [2.24, 2.45) is 7.05 Å². The number of rotatable bonds is 2. The molecule has 0 unspecified atom stereocenters. The minimum Gasteiger partial charge on any atom is -0.319 e. The van der Waals surface area contributed by atoms with Crippen LogP contribution in [0.4, 0.5) is 5.69 Å². The molecule has 0 aliphatic rings. The molecule has 2 heterocycles. The maximum Gasteiger partial charge on any atom is 0.307 e. The van der Waals surface area contributed by atoms with Crippen LogP contribution in [0.15, 0.2) is 23.1 Å². The van der Waals surface area contributed by atoms with E-state index in [0.717, 1.165) is 11.3 Å². The Labute approximate surface area is 112 Å². The molecule has 7 heteroatoms. The summed E-state index contributed by atoms with van der Waals surface area (Å²) in [7, 11) is 1.63. The van der Waals surface area contributed by atoms with E-state index < -0.39 is 0 Å². The van der Waals surface area contributed by atoms with Crippen LogP contribution in [-0.4, -0.2) is 15.5 Å². The summed E-state index contributed by atoms with van der Waals surface area (Å²) in [5, 5.41) is 2.85. The second kappa shape index (κ2) is 4.91. The molecule has 0 aromatic carbocycles. The molecule has 0 aliphatic carbocycles. The fourth-order valence-electron chi connectivity index (χ4n) is 1.39. The Balaban J connectivity index is 2.31. The highest BCUT2D eigenvalue weighted by Gasteiger charge is 2.16. The average molecular weight is 284 g/mol. The maximum atomic E-state index is 12.0. The van der Waals surface area contributed by atoms with Crippen molar-refractivity contribution in [3.8, 4) is 0 Å². The van der Waals surface area contributed by atoms with Gasteiger partial charge in [0.2, 0.25) is 0 Å². The van der Waals surface area contributed by atoms with E-state index in [-0.39, 0.29) is 15.9 Å². The van der Waals surface area contributed by atoms with Crippen LogP contribution in [-0.2, 0) is 7.05 Å². The molecule has 18 heavy (non-hydrogen) atoms. The first-order chi connectivity index (χ1) is 8.50. The Morgan fingerprint density at radius 1 is 1.56 bits per heavy atom. The van der Waals surface area contributed by atoms with Crippen LogP contribution in [0.5, 0.6) is 0 Å². The standard InChI is InChI=1S/C11H10ClN3O2S/c1-6-8(18-11(17)15(6)2)10(16)14-7-4-3-5-13-9(7)12/h3-5H,1-2H3,(H,14,16). The number of pyridine rings is 1. The Kier molecular flexibility index (Phi) is 3.49. The molecule has 1 N–H and O–H groups in total. The van der Waals surface area contributed by atoms with Gasteiger partial charge in [-0.1, -0.05) is 22.9 Å². The van der Waals surface area contributed by atoms with E-state index in [9.17, 15) is 9.59 Å². The van der Waals surface area contributed by atoms with Gasteiger partial charge in [0.1, 0.15) is 4.88 Å². The molecule has 94 valence electrons. The average Bonchev–Trinajstić information content (AvgIpc) is 2.60. The van der Waals surface area contributed by atoms with Gasteiger partial charge in [-0.3, -0.25) is 9.59 Å². The molecule has 0 saturated heterocycles. The van der Waals surface area contributed by atoms with Crippen molar-refractivity contribution in [2.75, 3.05) is 5.32 Å². The third-order valence-electron chi connectivity index (χ3n) is 2.51. The lowest BCUT2D eigenvalue weighted by molar-refractivity contribution is 0.102. The molecule has 0 bridgehead atoms. The predicted octanol–water partition coefficient (Wildman–Crippen LogP) is 2.06. The van der Waals surface area contributed by atoms with E-state index in [2.05, 4.69) is 10.3 Å². The van der Waals surface area contributed by atoms with Crippen molar-refractivity contribution in [3.63, 3.8) is 0 Å². The molecule has 0 aliphatic heterocycles. The van der Waals surface area contributed by atoms with Crippen molar-refractivity contribution in [3.05, 3.63) is 43.7 Å². The first-order valence-electron chi connectivity index (χ1n) is 5.09. The van der Waals surface area contributed by atoms with E-state index in [4.69, 9.17) is 11.6 Å². The van der Waals surface area contributed by atoms with Gasteiger partial charge in [-0.2, -0.15) is 0 Å². The zero-order chi connectivity index (χ0) is 13.3. The normalized spacial score (nSPS) is 10.4. The Hall–Kier alpha value is -1.66. The SMILES string of the molecule is Cc1c(C(=O)Nc2cccnc2Cl)sc(=O)n1C. The summed E-state index contributed by atoms with van der Waals surface area (Å²) in [6, 6.07) is 3.32. The van der Waals surface area contributed by atoms with Gasteiger partial charge in [0, 0.05) is 18.9 Å². The van der Waals surface area contributed by atoms with E-state index in [1.54, 1.807) is 26.1 Å². The van der Waals surface area contributed by atoms with Crippen LogP contribution in [0.25, 0.3) is 0 Å². The summed E-state index contributed by atoms with van der Waals surface area (Å²) in [5.41, 5.74) is 1.05. The highest BCUT2D eigenvalue weighted by atomic mass is 35.5. The maximum absolute atomic E-state index is 12.0. The van der Waals surface area contributed by atoms with Gasteiger partial charge in [-0.25, -0.2) is 4.98 Å². The van der Waals surface area contributed by atoms with E-state index in [1.165, 1.54) is 10.8 Å². The van der Waals surface area contributed by atoms with Crippen molar-refractivity contribution >= 4 is 34.5 Å². The molecule has 2 aromatic rings. The van der Waals surface area contributed by atoms with Crippen molar-refractivity contribution < 1.29 is 4.79 Å². The monoisotopic (exact) mass is 283 g/mol. The first kappa shape index (κ1) is 12.8. The quantitative estimate of drug-likeness (QED) is 0.858. The van der Waals surface area contributed by atoms with Gasteiger partial charge >= 0.3 is 4.87 Å². The van der Waals surface area contributed by atoms with Gasteiger partial charge in [0.15, 0.2) is 5.15 Å². The topological polar surface area (TPSA) is 64.0 Å². The van der Waals surface area contributed by atoms with Crippen LogP contribution in [0.1, 0.15) is 15.4 Å². The highest BCUT2D eigenvalue weighted by molar-refractivity contribution is 7.11. The molecule has 0 fully saturated rings. The summed E-state index contributed by atoms with van der Waals surface area (Å²) < 4.78 is 1.43. The van der Waals surface area contributed by atoms with Crippen molar-refractivity contribution in [1.82, 2.24) is 9.55 Å². The predicted molar refractivity (Wildman–Crippen MR) is 71.5 cm³/mol. The minimum absolute atomic E-state index is 0.171. The fourth-order valence-corrected chi connectivity index (χ4v) is 2.43. The van der Waals surface area contributed by atoms with Crippen LogP contribution >= 0.6 is 22.9 Å². The number of hydrogen-bond acceptors (Lipinski definition) is 4. The lowest BCUT2D eigenvalue weighted by Crippen LogP contribution is -2.13. The van der Waals surface area contributed by atoms with Crippen LogP contribution in [0.3, 0.4) is 0 Å². The molecule has 0 saturated carbocycles. The molecule has 1 amide bonds. The fraction of sp³-hybridized carbons (Fsp3) is 0.182. The number of amides is 1. The van der Waals surface area contributed by atoms with Crippen LogP contribution < -0.4 is 10.2 Å². The smallest absolute Gasteiger partial charge is 0.307 e. The van der Waals surface area contributed by atoms with Gasteiger partial charge in [-0.15, -0.1) is 0 Å². The van der Waals surface area contributed by atoms with E-state index >= 15 is 0 Å². The van der Waals surface area contributed by atoms with Gasteiger partial charge in [0.05, 0.1) is 5.69 Å². The second-order valence-corrected chi connectivity index (χ2v) is 4.96. The molecule has 5 nitrogen and oxygen atoms in total. The molecule has 0 radical (unpaired) electrons. The lowest BCUT2D eigenvalue weighted by Gasteiger charge is -2.05. The van der Waals surface area contributed by atoms with Gasteiger partial charge < -0.3 is 9.88 Å². The minimum atomic E-state index is -0.356. The largest absolute Gasteiger partial charge is 0.319 e. The number of nitrogens with zero attached hydrogens (tertiary/aromatic N) is 2. The summed E-state index contributed by atoms with van der Waals surface area (Å²) in [5.74, 6) is -0.356. The number of hydrogen-bond donors (Lipinski definition) is 1. The lowest BCUT2D eigenvalue weighted by atomic mass is 10.3. The third kappa shape index (κ3) is 2.30. The molecular formula is C11H10ClN3O2S. The van der Waals surface area contributed by atoms with E-state index in [0.29, 0.717) is 16.3 Å². The summed E-state index contributed by atoms with van der Waals surface area (Å²) in [6.45, 7) is 1.72. The zero-order valence-corrected chi connectivity index (χ0v) is 11.3. The number of halogens is 1. The number of thiazole rings is 1. The Morgan fingerprint density at radius 2 is 2.28 bits per heavy atom. The van der Waals surface area contributed by atoms with Crippen LogP contribution in [0, 0.1) is 6.92 Å².